The lowest BCUT2D eigenvalue weighted by molar-refractivity contribution is 0.235. The molecule has 0 saturated heterocycles. The SMILES string of the molecule is CC.CC.CC(C)C1CCC1.CC1=CC=CC(c2[nH]cnc2C23C=Cc4ccc(C)cc4C2C3)N1.[HH].[HH]. The average molecular weight is 478 g/mol. The van der Waals surface area contributed by atoms with Gasteiger partial charge in [-0.3, -0.25) is 0 Å². The zero-order chi connectivity index (χ0) is 25.6. The Labute approximate surface area is 217 Å². The Morgan fingerprint density at radius 1 is 1.09 bits per heavy atom. The molecule has 2 aromatic rings. The molecule has 1 aliphatic heterocycles. The number of aromatic amines is 1. The Balaban J connectivity index is 0.000000452. The maximum atomic E-state index is 4.75. The molecular formula is C32H51N3. The van der Waals surface area contributed by atoms with Crippen molar-refractivity contribution < 1.29 is 2.85 Å². The van der Waals surface area contributed by atoms with Gasteiger partial charge in [0, 0.05) is 19.9 Å². The number of aryl methyl sites for hydroxylation is 1. The van der Waals surface area contributed by atoms with Crippen molar-refractivity contribution in [2.45, 2.75) is 98.4 Å². The fourth-order valence-corrected chi connectivity index (χ4v) is 5.42. The van der Waals surface area contributed by atoms with Gasteiger partial charge in [-0.15, -0.1) is 0 Å². The molecule has 3 unspecified atom stereocenters. The standard InChI is InChI=1S/C21H21N3.C7H14.2C2H6.2H2/c1-13-6-7-15-8-9-21(11-17(21)16(15)10-13)20-19(22-12-23-20)18-5-3-4-14(2)24-18;1-6(2)7-4-3-5-7;2*1-2;;/h3-10,12,17-18,24H,11H2,1-2H3,(H,22,23);6-7H,3-5H2,1-2H3;2*1-2H3;2*1H. The van der Waals surface area contributed by atoms with Gasteiger partial charge in [0.2, 0.25) is 0 Å². The first-order valence-electron chi connectivity index (χ1n) is 13.9. The topological polar surface area (TPSA) is 40.7 Å². The molecule has 0 radical (unpaired) electrons. The van der Waals surface area contributed by atoms with E-state index in [0.29, 0.717) is 5.92 Å². The van der Waals surface area contributed by atoms with E-state index in [-0.39, 0.29) is 14.3 Å². The van der Waals surface area contributed by atoms with Crippen LogP contribution in [0.3, 0.4) is 0 Å². The van der Waals surface area contributed by atoms with E-state index in [0.717, 1.165) is 18.3 Å². The quantitative estimate of drug-likeness (QED) is 0.462. The van der Waals surface area contributed by atoms with Gasteiger partial charge in [-0.1, -0.05) is 109 Å². The van der Waals surface area contributed by atoms with Crippen LogP contribution >= 0.6 is 0 Å². The number of aromatic nitrogens is 2. The van der Waals surface area contributed by atoms with E-state index >= 15 is 0 Å². The second kappa shape index (κ2) is 11.9. The van der Waals surface area contributed by atoms with E-state index in [9.17, 15) is 0 Å². The minimum absolute atomic E-state index is 0. The van der Waals surface area contributed by atoms with Gasteiger partial charge in [0.1, 0.15) is 0 Å². The Bertz CT molecular complexity index is 1060. The molecule has 0 bridgehead atoms. The van der Waals surface area contributed by atoms with Crippen molar-refractivity contribution >= 4 is 6.08 Å². The molecule has 3 heteroatoms. The van der Waals surface area contributed by atoms with Crippen LogP contribution in [0.4, 0.5) is 0 Å². The molecule has 35 heavy (non-hydrogen) atoms. The number of nitrogens with one attached hydrogen (secondary N) is 2. The third-order valence-electron chi connectivity index (χ3n) is 7.73. The highest BCUT2D eigenvalue weighted by molar-refractivity contribution is 5.67. The van der Waals surface area contributed by atoms with E-state index in [2.05, 4.69) is 86.6 Å². The van der Waals surface area contributed by atoms with Crippen LogP contribution in [0, 0.1) is 18.8 Å². The molecule has 2 saturated carbocycles. The minimum atomic E-state index is 0. The van der Waals surface area contributed by atoms with Crippen molar-refractivity contribution in [3.05, 3.63) is 82.6 Å². The number of H-pyrrole nitrogens is 1. The number of allylic oxidation sites excluding steroid dienone is 4. The fraction of sp³-hybridized carbons (Fsp3) is 0.531. The van der Waals surface area contributed by atoms with Gasteiger partial charge < -0.3 is 10.3 Å². The summed E-state index contributed by atoms with van der Waals surface area (Å²) >= 11 is 0. The number of dihydropyridines is 1. The van der Waals surface area contributed by atoms with Crippen molar-refractivity contribution in [1.82, 2.24) is 15.3 Å². The van der Waals surface area contributed by atoms with Gasteiger partial charge in [-0.2, -0.15) is 0 Å². The van der Waals surface area contributed by atoms with E-state index < -0.39 is 0 Å². The Morgan fingerprint density at radius 2 is 1.83 bits per heavy atom. The molecule has 0 spiro atoms. The molecule has 3 atom stereocenters. The summed E-state index contributed by atoms with van der Waals surface area (Å²) in [5, 5.41) is 3.54. The Hall–Kier alpha value is -2.55. The number of rotatable bonds is 3. The summed E-state index contributed by atoms with van der Waals surface area (Å²) in [7, 11) is 0. The third-order valence-corrected chi connectivity index (χ3v) is 7.73. The van der Waals surface area contributed by atoms with Crippen molar-refractivity contribution in [3.8, 4) is 0 Å². The maximum Gasteiger partial charge on any atom is 0.0926 e. The van der Waals surface area contributed by atoms with E-state index in [1.54, 1.807) is 0 Å². The molecule has 1 aromatic heterocycles. The number of fused-ring (bicyclic) bond motifs is 3. The normalized spacial score (nSPS) is 25.1. The number of benzene rings is 1. The summed E-state index contributed by atoms with van der Waals surface area (Å²) in [6.45, 7) is 16.9. The molecule has 2 fully saturated rings. The largest absolute Gasteiger partial charge is 0.377 e. The molecule has 6 rings (SSSR count). The van der Waals surface area contributed by atoms with Crippen LogP contribution in [-0.4, -0.2) is 9.97 Å². The van der Waals surface area contributed by atoms with Crippen molar-refractivity contribution in [2.75, 3.05) is 0 Å². The molecule has 2 N–H and O–H groups in total. The predicted molar refractivity (Wildman–Crippen MR) is 156 cm³/mol. The van der Waals surface area contributed by atoms with Gasteiger partial charge >= 0.3 is 0 Å². The summed E-state index contributed by atoms with van der Waals surface area (Å²) in [6.07, 6.45) is 18.6. The second-order valence-corrected chi connectivity index (χ2v) is 10.2. The highest BCUT2D eigenvalue weighted by atomic mass is 15.0. The lowest BCUT2D eigenvalue weighted by Crippen LogP contribution is -2.23. The fourth-order valence-electron chi connectivity index (χ4n) is 5.42. The molecule has 0 amide bonds. The third kappa shape index (κ3) is 5.66. The summed E-state index contributed by atoms with van der Waals surface area (Å²) in [6, 6.07) is 6.97. The van der Waals surface area contributed by atoms with Gasteiger partial charge in [0.05, 0.1) is 23.8 Å². The van der Waals surface area contributed by atoms with E-state index in [1.165, 1.54) is 53.0 Å². The van der Waals surface area contributed by atoms with Gasteiger partial charge in [0.15, 0.2) is 0 Å². The zero-order valence-electron chi connectivity index (χ0n) is 23.3. The zero-order valence-corrected chi connectivity index (χ0v) is 23.3. The molecule has 1 aromatic carbocycles. The van der Waals surface area contributed by atoms with Crippen LogP contribution in [0.25, 0.3) is 6.08 Å². The number of nitrogens with zero attached hydrogens (tertiary/aromatic N) is 1. The minimum Gasteiger partial charge on any atom is -0.377 e. The maximum absolute atomic E-state index is 4.75. The van der Waals surface area contributed by atoms with E-state index in [4.69, 9.17) is 4.98 Å². The molecule has 2 heterocycles. The Kier molecular flexibility index (Phi) is 9.21. The molecule has 3 aliphatic carbocycles. The first-order chi connectivity index (χ1) is 17.0. The molecule has 4 aliphatic rings. The summed E-state index contributed by atoms with van der Waals surface area (Å²) in [5.74, 6) is 2.59. The lowest BCUT2D eigenvalue weighted by Gasteiger charge is -2.28. The number of hydrogen-bond acceptors (Lipinski definition) is 2. The highest BCUT2D eigenvalue weighted by Crippen LogP contribution is 2.64. The van der Waals surface area contributed by atoms with Crippen molar-refractivity contribution in [3.63, 3.8) is 0 Å². The molecular weight excluding hydrogens is 426 g/mol. The van der Waals surface area contributed by atoms with Gasteiger partial charge in [-0.05, 0) is 49.3 Å². The van der Waals surface area contributed by atoms with Crippen molar-refractivity contribution in [1.29, 1.82) is 0 Å². The van der Waals surface area contributed by atoms with Crippen LogP contribution in [0.5, 0.6) is 0 Å². The van der Waals surface area contributed by atoms with Gasteiger partial charge in [-0.25, -0.2) is 4.98 Å². The Morgan fingerprint density at radius 3 is 2.43 bits per heavy atom. The van der Waals surface area contributed by atoms with E-state index in [1.807, 2.05) is 34.0 Å². The number of hydrogen-bond donors (Lipinski definition) is 2. The first kappa shape index (κ1) is 27.0. The summed E-state index contributed by atoms with van der Waals surface area (Å²) < 4.78 is 0. The van der Waals surface area contributed by atoms with Crippen molar-refractivity contribution in [2.24, 2.45) is 11.8 Å². The monoisotopic (exact) mass is 477 g/mol. The predicted octanol–water partition coefficient (Wildman–Crippen LogP) is 9.26. The number of imidazole rings is 1. The molecule has 3 nitrogen and oxygen atoms in total. The second-order valence-electron chi connectivity index (χ2n) is 10.2. The van der Waals surface area contributed by atoms with Crippen LogP contribution in [0.15, 0.2) is 54.5 Å². The lowest BCUT2D eigenvalue weighted by atomic mass is 9.78. The summed E-state index contributed by atoms with van der Waals surface area (Å²) in [5.41, 5.74) is 7.84. The van der Waals surface area contributed by atoms with Crippen LogP contribution in [0.2, 0.25) is 0 Å². The average Bonchev–Trinajstić information content (AvgIpc) is 3.39. The van der Waals surface area contributed by atoms with Crippen LogP contribution in [0.1, 0.15) is 117 Å². The smallest absolute Gasteiger partial charge is 0.0926 e. The van der Waals surface area contributed by atoms with Crippen LogP contribution < -0.4 is 5.32 Å². The highest BCUT2D eigenvalue weighted by Gasteiger charge is 2.58. The van der Waals surface area contributed by atoms with Crippen LogP contribution in [-0.2, 0) is 5.41 Å². The summed E-state index contributed by atoms with van der Waals surface area (Å²) in [4.78, 5) is 8.14. The molecule has 194 valence electrons. The van der Waals surface area contributed by atoms with Gasteiger partial charge in [0.25, 0.3) is 0 Å². The first-order valence-corrected chi connectivity index (χ1v) is 13.9.